The van der Waals surface area contributed by atoms with E-state index in [1.54, 1.807) is 19.1 Å². The van der Waals surface area contributed by atoms with Crippen LogP contribution >= 0.6 is 0 Å². The number of halogens is 3. The summed E-state index contributed by atoms with van der Waals surface area (Å²) in [5, 5.41) is 8.81. The summed E-state index contributed by atoms with van der Waals surface area (Å²) in [6, 6.07) is 15.0. The molecule has 0 atom stereocenters. The van der Waals surface area contributed by atoms with Gasteiger partial charge in [0.05, 0.1) is 10.6 Å². The number of hydrogen-bond donors (Lipinski definition) is 1. The molecule has 37 heavy (non-hydrogen) atoms. The lowest BCUT2D eigenvalue weighted by molar-refractivity contribution is -0.274. The summed E-state index contributed by atoms with van der Waals surface area (Å²) in [6.45, 7) is 5.11. The summed E-state index contributed by atoms with van der Waals surface area (Å²) in [7, 11) is -3.96. The highest BCUT2D eigenvalue weighted by molar-refractivity contribution is 7.92. The van der Waals surface area contributed by atoms with Crippen molar-refractivity contribution in [2.75, 3.05) is 17.5 Å². The number of carboxylic acids is 1. The number of nitrogens with zero attached hydrogens (tertiary/aromatic N) is 1. The Balaban J connectivity index is 1.65. The van der Waals surface area contributed by atoms with Crippen molar-refractivity contribution in [2.45, 2.75) is 37.4 Å². The molecule has 1 aliphatic heterocycles. The topological polar surface area (TPSA) is 93.1 Å². The molecule has 0 aliphatic carbocycles. The molecule has 0 fully saturated rings. The van der Waals surface area contributed by atoms with Crippen LogP contribution in [0.1, 0.15) is 25.0 Å². The average Bonchev–Trinajstić information content (AvgIpc) is 3.08. The third-order valence-corrected chi connectivity index (χ3v) is 7.80. The van der Waals surface area contributed by atoms with E-state index in [0.717, 1.165) is 11.1 Å². The van der Waals surface area contributed by atoms with Crippen LogP contribution < -0.4 is 13.8 Å². The number of benzene rings is 3. The molecule has 0 saturated heterocycles. The van der Waals surface area contributed by atoms with Crippen LogP contribution in [0, 0.1) is 6.92 Å². The van der Waals surface area contributed by atoms with Crippen LogP contribution in [0.15, 0.2) is 65.6 Å². The Bertz CT molecular complexity index is 1450. The molecule has 0 bridgehead atoms. The van der Waals surface area contributed by atoms with Crippen molar-refractivity contribution in [1.82, 2.24) is 0 Å². The van der Waals surface area contributed by atoms with Gasteiger partial charge in [-0.15, -0.1) is 13.2 Å². The number of aryl methyl sites for hydroxylation is 1. The summed E-state index contributed by atoms with van der Waals surface area (Å²) in [5.41, 5.74) is 2.60. The summed E-state index contributed by atoms with van der Waals surface area (Å²) in [4.78, 5) is 10.8. The molecule has 1 heterocycles. The van der Waals surface area contributed by atoms with Crippen LogP contribution in [0.4, 0.5) is 18.9 Å². The molecule has 4 rings (SSSR count). The highest BCUT2D eigenvalue weighted by Gasteiger charge is 2.41. The molecular weight excluding hydrogens is 511 g/mol. The van der Waals surface area contributed by atoms with Gasteiger partial charge in [-0.25, -0.2) is 13.2 Å². The van der Waals surface area contributed by atoms with Crippen molar-refractivity contribution >= 4 is 21.7 Å². The van der Waals surface area contributed by atoms with E-state index < -0.39 is 34.4 Å². The molecule has 7 nitrogen and oxygen atoms in total. The third kappa shape index (κ3) is 5.51. The standard InChI is InChI=1S/C26H24F3NO6S/c1-16-12-20(9-11-23(16)35-14-24(31)32)37(33,34)30-15-25(2,3)21-13-18(6-10-22(21)30)17-4-7-19(8-5-17)36-26(27,28)29/h4-13H,14-15H2,1-3H3,(H,31,32). The van der Waals surface area contributed by atoms with Crippen LogP contribution in [-0.2, 0) is 20.2 Å². The smallest absolute Gasteiger partial charge is 0.482 e. The lowest BCUT2D eigenvalue weighted by atomic mass is 9.85. The zero-order valence-corrected chi connectivity index (χ0v) is 21.0. The van der Waals surface area contributed by atoms with Crippen LogP contribution in [0.5, 0.6) is 11.5 Å². The molecule has 0 aromatic heterocycles. The lowest BCUT2D eigenvalue weighted by Crippen LogP contribution is -2.34. The number of anilines is 1. The minimum Gasteiger partial charge on any atom is -0.482 e. The van der Waals surface area contributed by atoms with Gasteiger partial charge in [0.25, 0.3) is 10.0 Å². The van der Waals surface area contributed by atoms with Crippen molar-refractivity contribution < 1.29 is 41.0 Å². The van der Waals surface area contributed by atoms with Gasteiger partial charge in [0.15, 0.2) is 6.61 Å². The number of aliphatic carboxylic acids is 1. The molecule has 0 spiro atoms. The quantitative estimate of drug-likeness (QED) is 0.429. The summed E-state index contributed by atoms with van der Waals surface area (Å²) in [6.07, 6.45) is -4.78. The van der Waals surface area contributed by atoms with E-state index in [-0.39, 0.29) is 22.9 Å². The molecule has 196 valence electrons. The second-order valence-electron chi connectivity index (χ2n) is 9.31. The predicted molar refractivity (Wildman–Crippen MR) is 130 cm³/mol. The van der Waals surface area contributed by atoms with Gasteiger partial charge in [-0.05, 0) is 71.6 Å². The second-order valence-corrected chi connectivity index (χ2v) is 11.2. The van der Waals surface area contributed by atoms with Crippen molar-refractivity contribution in [1.29, 1.82) is 0 Å². The zero-order chi connectivity index (χ0) is 27.2. The third-order valence-electron chi connectivity index (χ3n) is 6.04. The Morgan fingerprint density at radius 3 is 2.27 bits per heavy atom. The number of carboxylic acid groups (broad SMARTS) is 1. The zero-order valence-electron chi connectivity index (χ0n) is 20.2. The van der Waals surface area contributed by atoms with Crippen molar-refractivity contribution in [2.24, 2.45) is 0 Å². The lowest BCUT2D eigenvalue weighted by Gasteiger charge is -2.22. The molecule has 0 saturated carbocycles. The monoisotopic (exact) mass is 535 g/mol. The molecule has 0 amide bonds. The molecule has 11 heteroatoms. The van der Waals surface area contributed by atoms with Crippen LogP contribution in [-0.4, -0.2) is 39.0 Å². The fourth-order valence-corrected chi connectivity index (χ4v) is 6.01. The Morgan fingerprint density at radius 2 is 1.68 bits per heavy atom. The molecule has 0 unspecified atom stereocenters. The van der Waals surface area contributed by atoms with Gasteiger partial charge in [-0.1, -0.05) is 32.0 Å². The normalized spacial score (nSPS) is 14.8. The van der Waals surface area contributed by atoms with Gasteiger partial charge < -0.3 is 14.6 Å². The van der Waals surface area contributed by atoms with Crippen molar-refractivity contribution in [3.63, 3.8) is 0 Å². The molecular formula is C26H24F3NO6S. The second kappa shape index (κ2) is 9.29. The maximum absolute atomic E-state index is 13.6. The Hall–Kier alpha value is -3.73. The average molecular weight is 536 g/mol. The number of ether oxygens (including phenoxy) is 2. The minimum atomic E-state index is -4.78. The summed E-state index contributed by atoms with van der Waals surface area (Å²) >= 11 is 0. The number of fused-ring (bicyclic) bond motifs is 1. The van der Waals surface area contributed by atoms with Gasteiger partial charge in [-0.2, -0.15) is 0 Å². The molecule has 1 N–H and O–H groups in total. The fraction of sp³-hybridized carbons (Fsp3) is 0.269. The largest absolute Gasteiger partial charge is 0.573 e. The first kappa shape index (κ1) is 26.3. The van der Waals surface area contributed by atoms with Crippen LogP contribution in [0.2, 0.25) is 0 Å². The highest BCUT2D eigenvalue weighted by Crippen LogP contribution is 2.45. The van der Waals surface area contributed by atoms with E-state index >= 15 is 0 Å². The maximum atomic E-state index is 13.6. The first-order valence-electron chi connectivity index (χ1n) is 11.2. The van der Waals surface area contributed by atoms with Gasteiger partial charge in [0, 0.05) is 12.0 Å². The fourth-order valence-electron chi connectivity index (χ4n) is 4.28. The molecule has 3 aromatic rings. The first-order chi connectivity index (χ1) is 17.2. The first-order valence-corrected chi connectivity index (χ1v) is 12.6. The van der Waals surface area contributed by atoms with E-state index in [2.05, 4.69) is 4.74 Å². The number of rotatable bonds is 7. The Labute approximate surface area is 212 Å². The van der Waals surface area contributed by atoms with E-state index in [1.165, 1.54) is 46.8 Å². The van der Waals surface area contributed by atoms with Crippen molar-refractivity contribution in [3.8, 4) is 22.6 Å². The Kier molecular flexibility index (Phi) is 6.61. The Morgan fingerprint density at radius 1 is 1.03 bits per heavy atom. The van der Waals surface area contributed by atoms with E-state index in [9.17, 15) is 26.4 Å². The van der Waals surface area contributed by atoms with E-state index in [1.807, 2.05) is 19.9 Å². The predicted octanol–water partition coefficient (Wildman–Crippen LogP) is 5.51. The molecule has 3 aromatic carbocycles. The van der Waals surface area contributed by atoms with Crippen molar-refractivity contribution in [3.05, 3.63) is 71.8 Å². The van der Waals surface area contributed by atoms with Crippen LogP contribution in [0.25, 0.3) is 11.1 Å². The number of carbonyl (C=O) groups is 1. The molecule has 1 aliphatic rings. The maximum Gasteiger partial charge on any atom is 0.573 e. The SMILES string of the molecule is Cc1cc(S(=O)(=O)N2CC(C)(C)c3cc(-c4ccc(OC(F)(F)F)cc4)ccc32)ccc1OCC(=O)O. The number of sulfonamides is 1. The van der Waals surface area contributed by atoms with Gasteiger partial charge >= 0.3 is 12.3 Å². The number of alkyl halides is 3. The number of hydrogen-bond acceptors (Lipinski definition) is 5. The van der Waals surface area contributed by atoms with Gasteiger partial charge in [-0.3, -0.25) is 4.31 Å². The van der Waals surface area contributed by atoms with E-state index in [4.69, 9.17) is 9.84 Å². The van der Waals surface area contributed by atoms with Gasteiger partial charge in [0.2, 0.25) is 0 Å². The summed E-state index contributed by atoms with van der Waals surface area (Å²) < 4.78 is 75.0. The van der Waals surface area contributed by atoms with Crippen LogP contribution in [0.3, 0.4) is 0 Å². The minimum absolute atomic E-state index is 0.0423. The molecule has 0 radical (unpaired) electrons. The van der Waals surface area contributed by atoms with E-state index in [0.29, 0.717) is 16.8 Å². The van der Waals surface area contributed by atoms with Gasteiger partial charge in [0.1, 0.15) is 11.5 Å². The highest BCUT2D eigenvalue weighted by atomic mass is 32.2. The summed E-state index contributed by atoms with van der Waals surface area (Å²) in [5.74, 6) is -1.19.